The molecule has 2 aromatic carbocycles. The van der Waals surface area contributed by atoms with E-state index in [0.717, 1.165) is 14.7 Å². The van der Waals surface area contributed by atoms with Crippen LogP contribution in [0.2, 0.25) is 0 Å². The second-order valence-corrected chi connectivity index (χ2v) is 8.97. The van der Waals surface area contributed by atoms with E-state index in [9.17, 15) is 9.59 Å². The van der Waals surface area contributed by atoms with Crippen LogP contribution >= 0.6 is 22.6 Å². The molecule has 8 nitrogen and oxygen atoms in total. The summed E-state index contributed by atoms with van der Waals surface area (Å²) >= 11 is 2.29. The number of aromatic nitrogens is 4. The molecule has 0 aliphatic heterocycles. The molecule has 0 spiro atoms. The van der Waals surface area contributed by atoms with Crippen LogP contribution in [0.3, 0.4) is 0 Å². The maximum atomic E-state index is 13.6. The van der Waals surface area contributed by atoms with Gasteiger partial charge in [0.2, 0.25) is 5.95 Å². The minimum absolute atomic E-state index is 0.319. The van der Waals surface area contributed by atoms with Gasteiger partial charge in [-0.3, -0.25) is 18.5 Å². The van der Waals surface area contributed by atoms with E-state index in [-0.39, 0.29) is 11.2 Å². The maximum Gasteiger partial charge on any atom is 0.333 e. The number of anilines is 1. The first kappa shape index (κ1) is 23.2. The normalized spacial score (nSPS) is 11.2. The summed E-state index contributed by atoms with van der Waals surface area (Å²) in [5.74, 6) is 0.530. The molecule has 0 saturated heterocycles. The van der Waals surface area contributed by atoms with Crippen molar-refractivity contribution in [3.8, 4) is 0 Å². The van der Waals surface area contributed by atoms with Gasteiger partial charge in [0.25, 0.3) is 5.56 Å². The van der Waals surface area contributed by atoms with E-state index >= 15 is 0 Å². The summed E-state index contributed by atoms with van der Waals surface area (Å²) in [6.07, 6.45) is 0.676. The zero-order valence-corrected chi connectivity index (χ0v) is 20.7. The highest BCUT2D eigenvalue weighted by atomic mass is 127. The Morgan fingerprint density at radius 3 is 2.39 bits per heavy atom. The van der Waals surface area contributed by atoms with E-state index in [4.69, 9.17) is 10.7 Å². The van der Waals surface area contributed by atoms with Gasteiger partial charge in [-0.05, 0) is 46.2 Å². The first-order chi connectivity index (χ1) is 16.0. The van der Waals surface area contributed by atoms with Crippen LogP contribution in [-0.4, -0.2) is 31.8 Å². The monoisotopic (exact) mass is 558 g/mol. The zero-order chi connectivity index (χ0) is 23.4. The number of nitrogens with two attached hydrogens (primary N) is 1. The minimum atomic E-state index is -0.345. The molecule has 0 radical (unpaired) electrons. The van der Waals surface area contributed by atoms with E-state index < -0.39 is 0 Å². The molecule has 0 fully saturated rings. The van der Waals surface area contributed by atoms with Crippen molar-refractivity contribution in [3.05, 3.63) is 90.1 Å². The molecule has 33 heavy (non-hydrogen) atoms. The lowest BCUT2D eigenvalue weighted by Gasteiger charge is -2.13. The molecule has 0 saturated carbocycles. The van der Waals surface area contributed by atoms with Crippen molar-refractivity contribution in [1.82, 2.24) is 18.7 Å². The predicted octanol–water partition coefficient (Wildman–Crippen LogP) is 2.84. The Balaban J connectivity index is 1.99. The average Bonchev–Trinajstić information content (AvgIpc) is 3.18. The molecule has 0 unspecified atom stereocenters. The zero-order valence-electron chi connectivity index (χ0n) is 18.5. The molecule has 2 aromatic heterocycles. The molecule has 0 aliphatic rings. The van der Waals surface area contributed by atoms with Crippen LogP contribution < -0.4 is 22.3 Å². The smallest absolute Gasteiger partial charge is 0.333 e. The van der Waals surface area contributed by atoms with E-state index in [0.29, 0.717) is 56.3 Å². The molecule has 2 heterocycles. The molecule has 4 aromatic rings. The maximum absolute atomic E-state index is 13.6. The Labute approximate surface area is 205 Å². The molecule has 172 valence electrons. The SMILES string of the molecule is CCCn1c(=O)c2c(nc(NCCN)n2Cc2ccccc2I)n(Cc2ccccc2)c1=O. The van der Waals surface area contributed by atoms with E-state index in [1.54, 1.807) is 4.57 Å². The van der Waals surface area contributed by atoms with Gasteiger partial charge >= 0.3 is 5.69 Å². The number of fused-ring (bicyclic) bond motifs is 1. The molecule has 3 N–H and O–H groups in total. The lowest BCUT2D eigenvalue weighted by molar-refractivity contribution is 0.577. The lowest BCUT2D eigenvalue weighted by atomic mass is 10.2. The Bertz CT molecular complexity index is 1370. The van der Waals surface area contributed by atoms with Crippen molar-refractivity contribution in [2.75, 3.05) is 18.4 Å². The van der Waals surface area contributed by atoms with E-state index in [1.807, 2.05) is 66.1 Å². The fourth-order valence-electron chi connectivity index (χ4n) is 3.89. The van der Waals surface area contributed by atoms with Crippen LogP contribution in [0.25, 0.3) is 11.2 Å². The van der Waals surface area contributed by atoms with Gasteiger partial charge in [0.05, 0.1) is 13.1 Å². The summed E-state index contributed by atoms with van der Waals surface area (Å²) in [6.45, 7) is 4.01. The highest BCUT2D eigenvalue weighted by molar-refractivity contribution is 14.1. The van der Waals surface area contributed by atoms with Gasteiger partial charge in [0, 0.05) is 23.2 Å². The third-order valence-corrected chi connectivity index (χ3v) is 6.51. The van der Waals surface area contributed by atoms with Crippen LogP contribution in [0.4, 0.5) is 5.95 Å². The van der Waals surface area contributed by atoms with Crippen LogP contribution in [0.5, 0.6) is 0 Å². The second-order valence-electron chi connectivity index (χ2n) is 7.81. The van der Waals surface area contributed by atoms with Crippen molar-refractivity contribution in [2.24, 2.45) is 5.73 Å². The summed E-state index contributed by atoms with van der Waals surface area (Å²) in [5, 5.41) is 3.24. The highest BCUT2D eigenvalue weighted by Gasteiger charge is 2.22. The summed E-state index contributed by atoms with van der Waals surface area (Å²) in [5.41, 5.74) is 7.89. The lowest BCUT2D eigenvalue weighted by Crippen LogP contribution is -2.40. The molecular formula is C24H27IN6O2. The van der Waals surface area contributed by atoms with Crippen LogP contribution in [0.15, 0.2) is 64.2 Å². The fourth-order valence-corrected chi connectivity index (χ4v) is 4.45. The number of halogens is 1. The molecule has 0 amide bonds. The molecule has 0 atom stereocenters. The van der Waals surface area contributed by atoms with Gasteiger partial charge in [-0.1, -0.05) is 55.5 Å². The Kier molecular flexibility index (Phi) is 7.29. The highest BCUT2D eigenvalue weighted by Crippen LogP contribution is 2.21. The number of hydrogen-bond acceptors (Lipinski definition) is 5. The van der Waals surface area contributed by atoms with Gasteiger partial charge in [-0.15, -0.1) is 0 Å². The van der Waals surface area contributed by atoms with Crippen LogP contribution in [-0.2, 0) is 19.6 Å². The third kappa shape index (κ3) is 4.74. The van der Waals surface area contributed by atoms with Crippen molar-refractivity contribution < 1.29 is 0 Å². The van der Waals surface area contributed by atoms with E-state index in [1.165, 1.54) is 4.57 Å². The quantitative estimate of drug-likeness (QED) is 0.308. The van der Waals surface area contributed by atoms with Crippen LogP contribution in [0, 0.1) is 3.57 Å². The number of rotatable bonds is 9. The van der Waals surface area contributed by atoms with Gasteiger partial charge in [0.1, 0.15) is 0 Å². The Hall–Kier alpha value is -2.92. The summed E-state index contributed by atoms with van der Waals surface area (Å²) < 4.78 is 5.89. The van der Waals surface area contributed by atoms with Gasteiger partial charge in [-0.25, -0.2) is 4.79 Å². The van der Waals surface area contributed by atoms with Crippen molar-refractivity contribution >= 4 is 39.7 Å². The Morgan fingerprint density at radius 2 is 1.70 bits per heavy atom. The van der Waals surface area contributed by atoms with Crippen molar-refractivity contribution in [3.63, 3.8) is 0 Å². The van der Waals surface area contributed by atoms with Gasteiger partial charge in [-0.2, -0.15) is 4.98 Å². The number of hydrogen-bond donors (Lipinski definition) is 2. The Morgan fingerprint density at radius 1 is 0.970 bits per heavy atom. The topological polar surface area (TPSA) is 99.9 Å². The standard InChI is InChI=1S/C24H27IN6O2/c1-2-14-29-22(32)20-21(31(24(29)33)15-17-8-4-3-5-9-17)28-23(27-13-12-26)30(20)16-18-10-6-7-11-19(18)25/h3-11H,2,12-16,26H2,1H3,(H,27,28). The number of nitrogens with zero attached hydrogens (tertiary/aromatic N) is 4. The number of nitrogens with one attached hydrogen (secondary N) is 1. The molecule has 0 aliphatic carbocycles. The molecule has 4 rings (SSSR count). The average molecular weight is 558 g/mol. The van der Waals surface area contributed by atoms with E-state index in [2.05, 4.69) is 27.9 Å². The predicted molar refractivity (Wildman–Crippen MR) is 140 cm³/mol. The first-order valence-corrected chi connectivity index (χ1v) is 12.1. The second kappa shape index (κ2) is 10.3. The van der Waals surface area contributed by atoms with Crippen LogP contribution in [0.1, 0.15) is 24.5 Å². The number of benzene rings is 2. The molecule has 0 bridgehead atoms. The third-order valence-electron chi connectivity index (χ3n) is 5.46. The van der Waals surface area contributed by atoms with Gasteiger partial charge in [0.15, 0.2) is 11.2 Å². The number of imidazole rings is 1. The van der Waals surface area contributed by atoms with Crippen molar-refractivity contribution in [2.45, 2.75) is 33.0 Å². The van der Waals surface area contributed by atoms with Gasteiger partial charge < -0.3 is 11.1 Å². The summed E-state index contributed by atoms with van der Waals surface area (Å²) in [6, 6.07) is 17.8. The minimum Gasteiger partial charge on any atom is -0.354 e. The summed E-state index contributed by atoms with van der Waals surface area (Å²) in [7, 11) is 0. The molecular weight excluding hydrogens is 531 g/mol. The molecule has 9 heteroatoms. The largest absolute Gasteiger partial charge is 0.354 e. The first-order valence-electron chi connectivity index (χ1n) is 11.0. The fraction of sp³-hybridized carbons (Fsp3) is 0.292. The summed E-state index contributed by atoms with van der Waals surface area (Å²) in [4.78, 5) is 31.7. The van der Waals surface area contributed by atoms with Crippen molar-refractivity contribution in [1.29, 1.82) is 0 Å².